The molecule has 2 rings (SSSR count). The minimum atomic E-state index is 0.735. The van der Waals surface area contributed by atoms with Gasteiger partial charge in [0.05, 0.1) is 11.3 Å². The maximum absolute atomic E-state index is 4.54. The van der Waals surface area contributed by atoms with Crippen molar-refractivity contribution in [3.05, 3.63) is 23.7 Å². The molecule has 0 aliphatic heterocycles. The van der Waals surface area contributed by atoms with Gasteiger partial charge in [-0.05, 0) is 13.3 Å². The van der Waals surface area contributed by atoms with Crippen LogP contribution in [0.3, 0.4) is 0 Å². The Morgan fingerprint density at radius 2 is 2.12 bits per heavy atom. The van der Waals surface area contributed by atoms with Crippen molar-refractivity contribution in [2.75, 3.05) is 12.4 Å². The fourth-order valence-electron chi connectivity index (χ4n) is 1.75. The number of rotatable bonds is 3. The summed E-state index contributed by atoms with van der Waals surface area (Å²) in [7, 11) is 3.76. The van der Waals surface area contributed by atoms with E-state index in [2.05, 4.69) is 27.3 Å². The largest absolute Gasteiger partial charge is 0.373 e. The van der Waals surface area contributed by atoms with E-state index in [-0.39, 0.29) is 0 Å². The maximum atomic E-state index is 4.54. The van der Waals surface area contributed by atoms with Gasteiger partial charge in [-0.15, -0.1) is 0 Å². The Morgan fingerprint density at radius 3 is 2.65 bits per heavy atom. The average molecular weight is 231 g/mol. The van der Waals surface area contributed by atoms with Gasteiger partial charge in [-0.3, -0.25) is 4.68 Å². The summed E-state index contributed by atoms with van der Waals surface area (Å²) in [4.78, 5) is 9.01. The lowest BCUT2D eigenvalue weighted by Gasteiger charge is -2.05. The summed E-state index contributed by atoms with van der Waals surface area (Å²) in [5.74, 6) is 1.58. The van der Waals surface area contributed by atoms with Crippen LogP contribution in [-0.2, 0) is 13.5 Å². The molecule has 2 aromatic rings. The lowest BCUT2D eigenvalue weighted by Crippen LogP contribution is -2.00. The van der Waals surface area contributed by atoms with Crippen LogP contribution in [0.5, 0.6) is 0 Å². The van der Waals surface area contributed by atoms with Gasteiger partial charge < -0.3 is 5.32 Å². The summed E-state index contributed by atoms with van der Waals surface area (Å²) < 4.78 is 1.78. The summed E-state index contributed by atoms with van der Waals surface area (Å²) >= 11 is 0. The number of hydrogen-bond acceptors (Lipinski definition) is 4. The first kappa shape index (κ1) is 11.6. The van der Waals surface area contributed by atoms with Gasteiger partial charge in [-0.25, -0.2) is 9.97 Å². The van der Waals surface area contributed by atoms with Crippen LogP contribution in [0.4, 0.5) is 5.82 Å². The molecule has 0 saturated heterocycles. The standard InChI is InChI=1S/C12H17N5/c1-5-9-6-11(13-3)15-12(14-9)10-7-17(4)16-8(10)2/h6-7H,5H2,1-4H3,(H,13,14,15). The van der Waals surface area contributed by atoms with Gasteiger partial charge in [0.15, 0.2) is 5.82 Å². The van der Waals surface area contributed by atoms with Crippen LogP contribution in [0.15, 0.2) is 12.3 Å². The van der Waals surface area contributed by atoms with Gasteiger partial charge in [-0.2, -0.15) is 5.10 Å². The van der Waals surface area contributed by atoms with Crippen molar-refractivity contribution in [1.29, 1.82) is 0 Å². The first-order valence-electron chi connectivity index (χ1n) is 5.70. The van der Waals surface area contributed by atoms with Crippen molar-refractivity contribution in [1.82, 2.24) is 19.7 Å². The predicted molar refractivity (Wildman–Crippen MR) is 67.9 cm³/mol. The van der Waals surface area contributed by atoms with E-state index in [4.69, 9.17) is 0 Å². The smallest absolute Gasteiger partial charge is 0.165 e. The molecule has 1 N–H and O–H groups in total. The molecule has 0 amide bonds. The number of aromatic nitrogens is 4. The minimum absolute atomic E-state index is 0.735. The van der Waals surface area contributed by atoms with Gasteiger partial charge in [0.1, 0.15) is 5.82 Å². The highest BCUT2D eigenvalue weighted by Crippen LogP contribution is 2.20. The highest BCUT2D eigenvalue weighted by atomic mass is 15.3. The van der Waals surface area contributed by atoms with E-state index in [1.54, 1.807) is 4.68 Å². The Morgan fingerprint density at radius 1 is 1.35 bits per heavy atom. The quantitative estimate of drug-likeness (QED) is 0.875. The molecule has 0 aliphatic carbocycles. The number of anilines is 1. The predicted octanol–water partition coefficient (Wildman–Crippen LogP) is 1.79. The van der Waals surface area contributed by atoms with E-state index in [1.165, 1.54) is 0 Å². The molecular weight excluding hydrogens is 214 g/mol. The third kappa shape index (κ3) is 2.27. The Kier molecular flexibility index (Phi) is 3.08. The molecule has 0 atom stereocenters. The van der Waals surface area contributed by atoms with Gasteiger partial charge in [0, 0.05) is 32.1 Å². The highest BCUT2D eigenvalue weighted by Gasteiger charge is 2.11. The van der Waals surface area contributed by atoms with Gasteiger partial charge >= 0.3 is 0 Å². The molecule has 0 aliphatic rings. The SMILES string of the molecule is CCc1cc(NC)nc(-c2cn(C)nc2C)n1. The summed E-state index contributed by atoms with van der Waals surface area (Å²) in [6.45, 7) is 4.05. The number of aryl methyl sites for hydroxylation is 3. The Balaban J connectivity index is 2.54. The van der Waals surface area contributed by atoms with Crippen LogP contribution < -0.4 is 5.32 Å². The number of nitrogens with zero attached hydrogens (tertiary/aromatic N) is 4. The van der Waals surface area contributed by atoms with Gasteiger partial charge in [0.2, 0.25) is 0 Å². The van der Waals surface area contributed by atoms with Crippen LogP contribution in [0.1, 0.15) is 18.3 Å². The third-order valence-corrected chi connectivity index (χ3v) is 2.65. The van der Waals surface area contributed by atoms with E-state index in [9.17, 15) is 0 Å². The van der Waals surface area contributed by atoms with E-state index >= 15 is 0 Å². The summed E-state index contributed by atoms with van der Waals surface area (Å²) in [6.07, 6.45) is 2.84. The van der Waals surface area contributed by atoms with Crippen LogP contribution in [0.25, 0.3) is 11.4 Å². The molecule has 5 nitrogen and oxygen atoms in total. The molecule has 0 saturated carbocycles. The fourth-order valence-corrected chi connectivity index (χ4v) is 1.75. The Hall–Kier alpha value is -1.91. The van der Waals surface area contributed by atoms with Crippen molar-refractivity contribution in [2.45, 2.75) is 20.3 Å². The molecule has 0 radical (unpaired) electrons. The first-order valence-corrected chi connectivity index (χ1v) is 5.70. The van der Waals surface area contributed by atoms with Crippen molar-refractivity contribution in [3.63, 3.8) is 0 Å². The van der Waals surface area contributed by atoms with Crippen LogP contribution >= 0.6 is 0 Å². The Labute approximate surface area is 101 Å². The molecule has 2 aromatic heterocycles. The zero-order valence-electron chi connectivity index (χ0n) is 10.7. The third-order valence-electron chi connectivity index (χ3n) is 2.65. The summed E-state index contributed by atoms with van der Waals surface area (Å²) in [6, 6.07) is 1.97. The van der Waals surface area contributed by atoms with E-state index in [0.29, 0.717) is 0 Å². The van der Waals surface area contributed by atoms with Crippen LogP contribution in [-0.4, -0.2) is 26.8 Å². The van der Waals surface area contributed by atoms with Crippen LogP contribution in [0.2, 0.25) is 0 Å². The van der Waals surface area contributed by atoms with E-state index in [1.807, 2.05) is 33.3 Å². The molecule has 2 heterocycles. The normalized spacial score (nSPS) is 10.6. The zero-order chi connectivity index (χ0) is 12.4. The molecule has 0 aromatic carbocycles. The number of nitrogens with one attached hydrogen (secondary N) is 1. The number of hydrogen-bond donors (Lipinski definition) is 1. The molecule has 0 fully saturated rings. The van der Waals surface area contributed by atoms with Crippen molar-refractivity contribution >= 4 is 5.82 Å². The van der Waals surface area contributed by atoms with Crippen LogP contribution in [0, 0.1) is 6.92 Å². The molecular formula is C12H17N5. The molecule has 0 bridgehead atoms. The molecule has 0 spiro atoms. The second-order valence-electron chi connectivity index (χ2n) is 3.97. The second kappa shape index (κ2) is 4.53. The summed E-state index contributed by atoms with van der Waals surface area (Å²) in [5, 5.41) is 7.37. The maximum Gasteiger partial charge on any atom is 0.165 e. The Bertz CT molecular complexity index is 507. The van der Waals surface area contributed by atoms with Crippen molar-refractivity contribution in [2.24, 2.45) is 7.05 Å². The first-order chi connectivity index (χ1) is 8.13. The topological polar surface area (TPSA) is 55.6 Å². The monoisotopic (exact) mass is 231 g/mol. The van der Waals surface area contributed by atoms with E-state index in [0.717, 1.165) is 35.0 Å². The van der Waals surface area contributed by atoms with Crippen molar-refractivity contribution < 1.29 is 0 Å². The lowest BCUT2D eigenvalue weighted by atomic mass is 10.2. The highest BCUT2D eigenvalue weighted by molar-refractivity contribution is 5.59. The summed E-state index contributed by atoms with van der Waals surface area (Å²) in [5.41, 5.74) is 2.96. The minimum Gasteiger partial charge on any atom is -0.373 e. The molecule has 0 unspecified atom stereocenters. The zero-order valence-corrected chi connectivity index (χ0v) is 10.7. The molecule has 17 heavy (non-hydrogen) atoms. The van der Waals surface area contributed by atoms with Gasteiger partial charge in [0.25, 0.3) is 0 Å². The second-order valence-corrected chi connectivity index (χ2v) is 3.97. The average Bonchev–Trinajstić information content (AvgIpc) is 2.67. The van der Waals surface area contributed by atoms with Gasteiger partial charge in [-0.1, -0.05) is 6.92 Å². The van der Waals surface area contributed by atoms with E-state index < -0.39 is 0 Å². The molecule has 5 heteroatoms. The lowest BCUT2D eigenvalue weighted by molar-refractivity contribution is 0.756. The van der Waals surface area contributed by atoms with Crippen molar-refractivity contribution in [3.8, 4) is 11.4 Å². The fraction of sp³-hybridized carbons (Fsp3) is 0.417. The molecule has 90 valence electrons.